The lowest BCUT2D eigenvalue weighted by Gasteiger charge is -2.12. The summed E-state index contributed by atoms with van der Waals surface area (Å²) < 4.78 is 51.6. The molecule has 0 radical (unpaired) electrons. The number of halogens is 3. The minimum atomic E-state index is -4.45. The third-order valence-electron chi connectivity index (χ3n) is 1.90. The van der Waals surface area contributed by atoms with E-state index >= 15 is 0 Å². The topological polar surface area (TPSA) is 42.3 Å². The van der Waals surface area contributed by atoms with Crippen LogP contribution in [0.3, 0.4) is 0 Å². The van der Waals surface area contributed by atoms with Crippen LogP contribution in [0.2, 0.25) is 0 Å². The number of pyridine rings is 1. The number of alkyl halides is 3. The van der Waals surface area contributed by atoms with Crippen LogP contribution < -0.4 is 0 Å². The molecule has 3 nitrogen and oxygen atoms in total. The monoisotopic (exact) mass is 278 g/mol. The van der Waals surface area contributed by atoms with Crippen molar-refractivity contribution in [2.24, 2.45) is 4.40 Å². The molecule has 0 fully saturated rings. The van der Waals surface area contributed by atoms with Gasteiger partial charge in [0.1, 0.15) is 16.7 Å². The highest BCUT2D eigenvalue weighted by molar-refractivity contribution is 7.85. The van der Waals surface area contributed by atoms with Gasteiger partial charge in [0.25, 0.3) is 0 Å². The van der Waals surface area contributed by atoms with E-state index in [0.29, 0.717) is 5.56 Å². The standard InChI is InChI=1S/C11H13F3N2OS/c1-10(2,3)18(17)16-7-8-4-5-9(15-6-8)11(12,13)14/h4-7H,1-3H3/t18-/m1/s1. The molecule has 18 heavy (non-hydrogen) atoms. The van der Waals surface area contributed by atoms with E-state index in [0.717, 1.165) is 12.3 Å². The first kappa shape index (κ1) is 14.8. The Morgan fingerprint density at radius 2 is 1.89 bits per heavy atom. The third-order valence-corrected chi connectivity index (χ3v) is 3.24. The Morgan fingerprint density at radius 1 is 1.28 bits per heavy atom. The van der Waals surface area contributed by atoms with Gasteiger partial charge in [-0.2, -0.15) is 17.6 Å². The first-order chi connectivity index (χ1) is 8.10. The molecule has 0 N–H and O–H groups in total. The maximum absolute atomic E-state index is 12.2. The highest BCUT2D eigenvalue weighted by Gasteiger charge is 2.31. The van der Waals surface area contributed by atoms with Crippen LogP contribution in [-0.2, 0) is 17.2 Å². The van der Waals surface area contributed by atoms with Gasteiger partial charge in [-0.1, -0.05) is 0 Å². The summed E-state index contributed by atoms with van der Waals surface area (Å²) in [6.07, 6.45) is -2.15. The van der Waals surface area contributed by atoms with E-state index in [1.807, 2.05) is 0 Å². The summed E-state index contributed by atoms with van der Waals surface area (Å²) in [7, 11) is -1.44. The zero-order chi connectivity index (χ0) is 14.0. The van der Waals surface area contributed by atoms with Gasteiger partial charge in [0, 0.05) is 18.0 Å². The number of hydrogen-bond donors (Lipinski definition) is 0. The predicted molar refractivity (Wildman–Crippen MR) is 64.7 cm³/mol. The number of hydrogen-bond acceptors (Lipinski definition) is 2. The van der Waals surface area contributed by atoms with Crippen LogP contribution in [0, 0.1) is 0 Å². The highest BCUT2D eigenvalue weighted by atomic mass is 32.2. The second-order valence-electron chi connectivity index (χ2n) is 4.57. The van der Waals surface area contributed by atoms with Gasteiger partial charge in [0.05, 0.1) is 4.75 Å². The molecular weight excluding hydrogens is 265 g/mol. The maximum Gasteiger partial charge on any atom is 0.433 e. The van der Waals surface area contributed by atoms with Gasteiger partial charge >= 0.3 is 6.18 Å². The van der Waals surface area contributed by atoms with E-state index in [2.05, 4.69) is 9.38 Å². The molecule has 0 saturated carbocycles. The van der Waals surface area contributed by atoms with Crippen molar-refractivity contribution >= 4 is 17.2 Å². The smallest absolute Gasteiger partial charge is 0.251 e. The summed E-state index contributed by atoms with van der Waals surface area (Å²) >= 11 is 0. The molecule has 1 heterocycles. The zero-order valence-electron chi connectivity index (χ0n) is 10.2. The van der Waals surface area contributed by atoms with E-state index in [4.69, 9.17) is 0 Å². The summed E-state index contributed by atoms with van der Waals surface area (Å²) in [4.78, 5) is 3.27. The Balaban J connectivity index is 2.82. The molecule has 1 aromatic heterocycles. The Hall–Kier alpha value is -1.24. The highest BCUT2D eigenvalue weighted by Crippen LogP contribution is 2.27. The van der Waals surface area contributed by atoms with Crippen molar-refractivity contribution in [3.63, 3.8) is 0 Å². The number of nitrogens with zero attached hydrogens (tertiary/aromatic N) is 2. The van der Waals surface area contributed by atoms with E-state index in [1.165, 1.54) is 12.3 Å². The van der Waals surface area contributed by atoms with E-state index in [1.54, 1.807) is 20.8 Å². The molecule has 7 heteroatoms. The molecular formula is C11H13F3N2OS. The van der Waals surface area contributed by atoms with Gasteiger partial charge in [-0.05, 0) is 32.9 Å². The van der Waals surface area contributed by atoms with E-state index < -0.39 is 27.6 Å². The van der Waals surface area contributed by atoms with Gasteiger partial charge in [-0.25, -0.2) is 4.21 Å². The fourth-order valence-corrected chi connectivity index (χ4v) is 1.45. The molecule has 100 valence electrons. The molecule has 0 aromatic carbocycles. The SMILES string of the molecule is CC(C)(C)[S@@](=O)N=Cc1ccc(C(F)(F)F)nc1. The van der Waals surface area contributed by atoms with Crippen LogP contribution in [0.15, 0.2) is 22.7 Å². The third kappa shape index (κ3) is 4.21. The summed E-state index contributed by atoms with van der Waals surface area (Å²) in [6.45, 7) is 5.27. The molecule has 0 aliphatic carbocycles. The lowest BCUT2D eigenvalue weighted by atomic mass is 10.2. The largest absolute Gasteiger partial charge is 0.433 e. The van der Waals surface area contributed by atoms with Crippen molar-refractivity contribution in [2.45, 2.75) is 31.7 Å². The summed E-state index contributed by atoms with van der Waals surface area (Å²) in [5.74, 6) is 0. The molecule has 1 atom stereocenters. The average molecular weight is 278 g/mol. The maximum atomic E-state index is 12.2. The van der Waals surface area contributed by atoms with E-state index in [-0.39, 0.29) is 0 Å². The van der Waals surface area contributed by atoms with Crippen molar-refractivity contribution in [1.29, 1.82) is 0 Å². The van der Waals surface area contributed by atoms with Crippen LogP contribution in [0.4, 0.5) is 13.2 Å². The molecule has 1 rings (SSSR count). The lowest BCUT2D eigenvalue weighted by Crippen LogP contribution is -2.19. The Bertz CT molecular complexity index is 461. The van der Waals surface area contributed by atoms with Gasteiger partial charge < -0.3 is 0 Å². The molecule has 0 amide bonds. The second-order valence-corrected chi connectivity index (χ2v) is 6.50. The van der Waals surface area contributed by atoms with Crippen LogP contribution >= 0.6 is 0 Å². The molecule has 0 aliphatic heterocycles. The minimum Gasteiger partial charge on any atom is -0.251 e. The van der Waals surface area contributed by atoms with Gasteiger partial charge in [-0.15, -0.1) is 0 Å². The Morgan fingerprint density at radius 3 is 2.28 bits per heavy atom. The molecule has 0 bridgehead atoms. The Kier molecular flexibility index (Phi) is 4.26. The van der Waals surface area contributed by atoms with Crippen LogP contribution in [-0.4, -0.2) is 20.2 Å². The fraction of sp³-hybridized carbons (Fsp3) is 0.455. The van der Waals surface area contributed by atoms with Crippen molar-refractivity contribution in [3.05, 3.63) is 29.6 Å². The van der Waals surface area contributed by atoms with Crippen LogP contribution in [0.25, 0.3) is 0 Å². The Labute approximate surface area is 106 Å². The number of aromatic nitrogens is 1. The summed E-state index contributed by atoms with van der Waals surface area (Å²) in [6, 6.07) is 2.10. The molecule has 0 aliphatic rings. The van der Waals surface area contributed by atoms with Crippen molar-refractivity contribution in [3.8, 4) is 0 Å². The lowest BCUT2D eigenvalue weighted by molar-refractivity contribution is -0.141. The van der Waals surface area contributed by atoms with E-state index in [9.17, 15) is 17.4 Å². The molecule has 0 unspecified atom stereocenters. The van der Waals surface area contributed by atoms with Crippen molar-refractivity contribution in [1.82, 2.24) is 4.98 Å². The first-order valence-corrected chi connectivity index (χ1v) is 6.21. The molecule has 0 spiro atoms. The summed E-state index contributed by atoms with van der Waals surface area (Å²) in [5, 5.41) is 0. The quantitative estimate of drug-likeness (QED) is 0.780. The van der Waals surface area contributed by atoms with Crippen molar-refractivity contribution < 1.29 is 17.4 Å². The normalized spacial score (nSPS) is 15.0. The van der Waals surface area contributed by atoms with Crippen LogP contribution in [0.5, 0.6) is 0 Å². The first-order valence-electron chi connectivity index (χ1n) is 5.10. The van der Waals surface area contributed by atoms with Gasteiger partial charge in [-0.3, -0.25) is 4.98 Å². The zero-order valence-corrected chi connectivity index (χ0v) is 11.0. The van der Waals surface area contributed by atoms with Crippen LogP contribution in [0.1, 0.15) is 32.0 Å². The fourth-order valence-electron chi connectivity index (χ4n) is 0.916. The average Bonchev–Trinajstić information content (AvgIpc) is 2.24. The number of rotatable bonds is 2. The summed E-state index contributed by atoms with van der Waals surface area (Å²) in [5.41, 5.74) is -0.586. The molecule has 0 saturated heterocycles. The predicted octanol–water partition coefficient (Wildman–Crippen LogP) is 2.98. The second kappa shape index (κ2) is 5.17. The van der Waals surface area contributed by atoms with Crippen molar-refractivity contribution in [2.75, 3.05) is 0 Å². The minimum absolute atomic E-state index is 0.376. The molecule has 1 aromatic rings. The van der Waals surface area contributed by atoms with Gasteiger partial charge in [0.2, 0.25) is 0 Å². The van der Waals surface area contributed by atoms with Gasteiger partial charge in [0.15, 0.2) is 0 Å².